The molecular formula is C7H3BrClN3O2S2. The molecule has 0 saturated carbocycles. The standard InChI is InChI=1S/C7H3BrClN3O2S2/c8-6-2-1-4(15-6)5(16(9)14)3-7(13)11-12-10/h1-3H. The first-order valence-electron chi connectivity index (χ1n) is 3.69. The summed E-state index contributed by atoms with van der Waals surface area (Å²) in [7, 11) is 3.59. The Kier molecular flexibility index (Phi) is 5.17. The monoisotopic (exact) mass is 339 g/mol. The number of amides is 1. The van der Waals surface area contributed by atoms with E-state index in [1.807, 2.05) is 0 Å². The van der Waals surface area contributed by atoms with Crippen molar-refractivity contribution in [2.24, 2.45) is 5.11 Å². The van der Waals surface area contributed by atoms with Crippen LogP contribution >= 0.6 is 37.9 Å². The SMILES string of the molecule is [N-]=[N+]=NC(=O)C=C(c1ccc(Br)s1)S(=O)Cl. The van der Waals surface area contributed by atoms with E-state index in [-0.39, 0.29) is 4.91 Å². The fourth-order valence-corrected chi connectivity index (χ4v) is 3.42. The van der Waals surface area contributed by atoms with Crippen molar-refractivity contribution in [2.75, 3.05) is 0 Å². The van der Waals surface area contributed by atoms with Crippen LogP contribution in [0, 0.1) is 0 Å². The van der Waals surface area contributed by atoms with E-state index in [0.29, 0.717) is 4.88 Å². The maximum atomic E-state index is 11.2. The molecule has 5 nitrogen and oxygen atoms in total. The fourth-order valence-electron chi connectivity index (χ4n) is 0.828. The van der Waals surface area contributed by atoms with Gasteiger partial charge in [-0.25, -0.2) is 4.21 Å². The van der Waals surface area contributed by atoms with Crippen molar-refractivity contribution in [3.05, 3.63) is 37.3 Å². The molecule has 0 aromatic carbocycles. The Morgan fingerprint density at radius 3 is 2.81 bits per heavy atom. The molecule has 0 fully saturated rings. The number of carbonyl (C=O) groups is 1. The van der Waals surface area contributed by atoms with Crippen LogP contribution in [0.4, 0.5) is 0 Å². The van der Waals surface area contributed by atoms with Gasteiger partial charge in [-0.1, -0.05) is 0 Å². The van der Waals surface area contributed by atoms with Gasteiger partial charge in [-0.05, 0) is 49.4 Å². The van der Waals surface area contributed by atoms with Crippen LogP contribution in [0.1, 0.15) is 4.88 Å². The highest BCUT2D eigenvalue weighted by molar-refractivity contribution is 9.11. The molecule has 0 N–H and O–H groups in total. The molecule has 1 aromatic heterocycles. The molecule has 0 bridgehead atoms. The fraction of sp³-hybridized carbons (Fsp3) is 0. The molecule has 1 atom stereocenters. The molecule has 0 radical (unpaired) electrons. The van der Waals surface area contributed by atoms with Crippen LogP contribution in [0.2, 0.25) is 0 Å². The van der Waals surface area contributed by atoms with Crippen LogP contribution in [-0.2, 0) is 14.8 Å². The first-order valence-corrected chi connectivity index (χ1v) is 7.27. The van der Waals surface area contributed by atoms with E-state index in [9.17, 15) is 9.00 Å². The summed E-state index contributed by atoms with van der Waals surface area (Å²) >= 11 is 4.50. The second-order valence-electron chi connectivity index (χ2n) is 2.36. The number of thiophene rings is 1. The highest BCUT2D eigenvalue weighted by atomic mass is 79.9. The van der Waals surface area contributed by atoms with Gasteiger partial charge in [0.1, 0.15) is 10.0 Å². The molecule has 1 amide bonds. The largest absolute Gasteiger partial charge is 0.288 e. The minimum atomic E-state index is -1.85. The Bertz CT molecular complexity index is 521. The molecule has 1 rings (SSSR count). The average molecular weight is 341 g/mol. The van der Waals surface area contributed by atoms with Gasteiger partial charge in [0, 0.05) is 15.9 Å². The molecule has 0 aliphatic rings. The van der Waals surface area contributed by atoms with E-state index in [0.717, 1.165) is 9.86 Å². The molecule has 0 spiro atoms. The normalized spacial score (nSPS) is 13.0. The maximum Gasteiger partial charge on any atom is 0.243 e. The number of hydrogen-bond acceptors (Lipinski definition) is 3. The van der Waals surface area contributed by atoms with Gasteiger partial charge < -0.3 is 0 Å². The van der Waals surface area contributed by atoms with E-state index in [1.54, 1.807) is 12.1 Å². The van der Waals surface area contributed by atoms with Crippen molar-refractivity contribution >= 4 is 58.8 Å². The number of nitrogens with zero attached hydrogens (tertiary/aromatic N) is 3. The number of rotatable bonds is 3. The summed E-state index contributed by atoms with van der Waals surface area (Å²) in [6, 6.07) is 3.39. The van der Waals surface area contributed by atoms with Gasteiger partial charge in [0.05, 0.1) is 8.69 Å². The summed E-state index contributed by atoms with van der Waals surface area (Å²) < 4.78 is 12.0. The van der Waals surface area contributed by atoms with Gasteiger partial charge in [0.2, 0.25) is 5.91 Å². The van der Waals surface area contributed by atoms with Crippen LogP contribution in [0.15, 0.2) is 27.1 Å². The third kappa shape index (κ3) is 3.73. The van der Waals surface area contributed by atoms with Gasteiger partial charge in [-0.2, -0.15) is 0 Å². The van der Waals surface area contributed by atoms with Crippen LogP contribution in [0.5, 0.6) is 0 Å². The highest BCUT2D eigenvalue weighted by Crippen LogP contribution is 2.31. The van der Waals surface area contributed by atoms with Crippen molar-refractivity contribution in [2.45, 2.75) is 0 Å². The predicted octanol–water partition coefficient (Wildman–Crippen LogP) is 3.59. The Hall–Kier alpha value is -0.660. The lowest BCUT2D eigenvalue weighted by Gasteiger charge is -1.96. The Balaban J connectivity index is 3.14. The molecule has 0 aliphatic carbocycles. The zero-order valence-corrected chi connectivity index (χ0v) is 11.4. The average Bonchev–Trinajstić information content (AvgIpc) is 2.61. The van der Waals surface area contributed by atoms with Crippen LogP contribution < -0.4 is 0 Å². The molecule has 1 aromatic rings. The maximum absolute atomic E-state index is 11.2. The zero-order chi connectivity index (χ0) is 12.1. The molecule has 0 aliphatic heterocycles. The molecule has 1 heterocycles. The van der Waals surface area contributed by atoms with E-state index >= 15 is 0 Å². The lowest BCUT2D eigenvalue weighted by molar-refractivity contribution is -0.113. The van der Waals surface area contributed by atoms with Crippen LogP contribution in [0.25, 0.3) is 15.3 Å². The van der Waals surface area contributed by atoms with Gasteiger partial charge in [-0.15, -0.1) is 11.3 Å². The zero-order valence-electron chi connectivity index (χ0n) is 7.46. The van der Waals surface area contributed by atoms with Gasteiger partial charge in [0.15, 0.2) is 0 Å². The third-order valence-electron chi connectivity index (χ3n) is 1.39. The lowest BCUT2D eigenvalue weighted by atomic mass is 10.4. The summed E-state index contributed by atoms with van der Waals surface area (Å²) in [6.45, 7) is 0. The molecular weight excluding hydrogens is 338 g/mol. The Morgan fingerprint density at radius 1 is 1.69 bits per heavy atom. The van der Waals surface area contributed by atoms with Crippen molar-refractivity contribution in [3.8, 4) is 0 Å². The highest BCUT2D eigenvalue weighted by Gasteiger charge is 2.12. The van der Waals surface area contributed by atoms with Crippen molar-refractivity contribution in [1.29, 1.82) is 0 Å². The summed E-state index contributed by atoms with van der Waals surface area (Å²) in [5.74, 6) is -0.837. The Labute approximate surface area is 110 Å². The van der Waals surface area contributed by atoms with Gasteiger partial charge >= 0.3 is 0 Å². The minimum absolute atomic E-state index is 0.120. The summed E-state index contributed by atoms with van der Waals surface area (Å²) in [6.07, 6.45) is 0.959. The van der Waals surface area contributed by atoms with Crippen LogP contribution in [0.3, 0.4) is 0 Å². The summed E-state index contributed by atoms with van der Waals surface area (Å²) in [4.78, 5) is 14.1. The molecule has 16 heavy (non-hydrogen) atoms. The number of azide groups is 1. The van der Waals surface area contributed by atoms with Crippen molar-refractivity contribution in [1.82, 2.24) is 0 Å². The quantitative estimate of drug-likeness (QED) is 0.277. The van der Waals surface area contributed by atoms with Crippen LogP contribution in [-0.4, -0.2) is 10.1 Å². The topological polar surface area (TPSA) is 82.9 Å². The van der Waals surface area contributed by atoms with E-state index < -0.39 is 15.9 Å². The Morgan fingerprint density at radius 2 is 2.38 bits per heavy atom. The number of halogens is 2. The molecule has 0 saturated heterocycles. The minimum Gasteiger partial charge on any atom is -0.288 e. The second-order valence-corrected chi connectivity index (χ2v) is 6.55. The van der Waals surface area contributed by atoms with E-state index in [2.05, 4.69) is 26.0 Å². The van der Waals surface area contributed by atoms with Gasteiger partial charge in [0.25, 0.3) is 0 Å². The number of hydrogen-bond donors (Lipinski definition) is 0. The molecule has 84 valence electrons. The van der Waals surface area contributed by atoms with Crippen molar-refractivity contribution in [3.63, 3.8) is 0 Å². The summed E-state index contributed by atoms with van der Waals surface area (Å²) in [5.41, 5.74) is 8.06. The number of carbonyl (C=O) groups excluding carboxylic acids is 1. The summed E-state index contributed by atoms with van der Waals surface area (Å²) in [5, 5.41) is 2.84. The molecule has 1 unspecified atom stereocenters. The van der Waals surface area contributed by atoms with E-state index in [4.69, 9.17) is 16.2 Å². The first-order chi connectivity index (χ1) is 7.54. The van der Waals surface area contributed by atoms with Gasteiger partial charge in [-0.3, -0.25) is 4.79 Å². The predicted molar refractivity (Wildman–Crippen MR) is 68.1 cm³/mol. The van der Waals surface area contributed by atoms with Crippen molar-refractivity contribution < 1.29 is 9.00 Å². The second kappa shape index (κ2) is 6.17. The van der Waals surface area contributed by atoms with E-state index in [1.165, 1.54) is 11.3 Å². The third-order valence-corrected chi connectivity index (χ3v) is 4.36. The lowest BCUT2D eigenvalue weighted by Crippen LogP contribution is -1.91. The molecule has 9 heteroatoms. The first kappa shape index (κ1) is 13.4. The smallest absolute Gasteiger partial charge is 0.243 e.